The number of aromatic nitrogens is 1. The van der Waals surface area contributed by atoms with Crippen molar-refractivity contribution in [1.82, 2.24) is 4.98 Å². The van der Waals surface area contributed by atoms with E-state index in [1.165, 1.54) is 11.6 Å². The van der Waals surface area contributed by atoms with Gasteiger partial charge in [-0.2, -0.15) is 4.39 Å². The molecule has 0 aliphatic heterocycles. The van der Waals surface area contributed by atoms with Crippen LogP contribution in [0.2, 0.25) is 0 Å². The van der Waals surface area contributed by atoms with Gasteiger partial charge in [0.05, 0.1) is 0 Å². The third kappa shape index (κ3) is 3.05. The maximum atomic E-state index is 12.8. The third-order valence-corrected chi connectivity index (χ3v) is 2.28. The number of anilines is 1. The minimum absolute atomic E-state index is 0.454. The predicted molar refractivity (Wildman–Crippen MR) is 62.8 cm³/mol. The van der Waals surface area contributed by atoms with Gasteiger partial charge in [-0.05, 0) is 24.1 Å². The Kier molecular flexibility index (Phi) is 3.49. The van der Waals surface area contributed by atoms with Crippen LogP contribution in [0.3, 0.4) is 0 Å². The van der Waals surface area contributed by atoms with E-state index in [1.54, 1.807) is 12.1 Å². The Morgan fingerprint density at radius 1 is 1.00 bits per heavy atom. The molecule has 0 aliphatic carbocycles. The van der Waals surface area contributed by atoms with E-state index >= 15 is 0 Å². The molecule has 0 atom stereocenters. The number of benzene rings is 1. The summed E-state index contributed by atoms with van der Waals surface area (Å²) in [6.45, 7) is 0.750. The Morgan fingerprint density at radius 3 is 2.56 bits per heavy atom. The maximum Gasteiger partial charge on any atom is 0.214 e. The zero-order chi connectivity index (χ0) is 11.2. The zero-order valence-corrected chi connectivity index (χ0v) is 8.86. The molecule has 0 radical (unpaired) electrons. The Hall–Kier alpha value is -1.90. The van der Waals surface area contributed by atoms with Crippen molar-refractivity contribution in [2.45, 2.75) is 6.42 Å². The fourth-order valence-electron chi connectivity index (χ4n) is 1.49. The second-order valence-electron chi connectivity index (χ2n) is 3.51. The van der Waals surface area contributed by atoms with Gasteiger partial charge in [-0.1, -0.05) is 36.4 Å². The normalized spacial score (nSPS) is 10.1. The van der Waals surface area contributed by atoms with Crippen molar-refractivity contribution in [2.75, 3.05) is 11.9 Å². The number of hydrogen-bond acceptors (Lipinski definition) is 2. The Balaban J connectivity index is 1.85. The lowest BCUT2D eigenvalue weighted by molar-refractivity contribution is 0.585. The van der Waals surface area contributed by atoms with Gasteiger partial charge in [0.25, 0.3) is 0 Å². The first kappa shape index (κ1) is 10.6. The first-order valence-corrected chi connectivity index (χ1v) is 5.25. The molecule has 16 heavy (non-hydrogen) atoms. The third-order valence-electron chi connectivity index (χ3n) is 2.28. The molecule has 1 aromatic carbocycles. The van der Waals surface area contributed by atoms with Crippen molar-refractivity contribution in [2.24, 2.45) is 0 Å². The minimum Gasteiger partial charge on any atom is -0.370 e. The van der Waals surface area contributed by atoms with Crippen molar-refractivity contribution in [3.63, 3.8) is 0 Å². The van der Waals surface area contributed by atoms with E-state index in [0.717, 1.165) is 13.0 Å². The minimum atomic E-state index is -0.454. The van der Waals surface area contributed by atoms with Gasteiger partial charge >= 0.3 is 0 Å². The van der Waals surface area contributed by atoms with Crippen LogP contribution in [0.5, 0.6) is 0 Å². The van der Waals surface area contributed by atoms with Gasteiger partial charge in [0.2, 0.25) is 5.95 Å². The summed E-state index contributed by atoms with van der Waals surface area (Å²) in [6, 6.07) is 14.9. The molecule has 2 nitrogen and oxygen atoms in total. The molecule has 1 aromatic heterocycles. The molecule has 0 saturated carbocycles. The van der Waals surface area contributed by atoms with E-state index in [9.17, 15) is 4.39 Å². The first-order chi connectivity index (χ1) is 7.84. The van der Waals surface area contributed by atoms with Crippen molar-refractivity contribution in [3.8, 4) is 0 Å². The molecule has 3 heteroatoms. The Bertz CT molecular complexity index is 443. The molecular formula is C13H13FN2. The fourth-order valence-corrected chi connectivity index (χ4v) is 1.49. The quantitative estimate of drug-likeness (QED) is 0.795. The highest BCUT2D eigenvalue weighted by molar-refractivity contribution is 5.33. The molecule has 0 amide bonds. The van der Waals surface area contributed by atoms with Gasteiger partial charge in [-0.25, -0.2) is 4.98 Å². The number of halogens is 1. The smallest absolute Gasteiger partial charge is 0.214 e. The van der Waals surface area contributed by atoms with Crippen LogP contribution in [0.1, 0.15) is 5.56 Å². The van der Waals surface area contributed by atoms with Crippen molar-refractivity contribution in [3.05, 3.63) is 60.0 Å². The van der Waals surface area contributed by atoms with Gasteiger partial charge < -0.3 is 5.32 Å². The monoisotopic (exact) mass is 216 g/mol. The van der Waals surface area contributed by atoms with E-state index in [1.807, 2.05) is 18.2 Å². The topological polar surface area (TPSA) is 24.9 Å². The summed E-state index contributed by atoms with van der Waals surface area (Å²) in [7, 11) is 0. The largest absolute Gasteiger partial charge is 0.370 e. The molecule has 0 spiro atoms. The lowest BCUT2D eigenvalue weighted by Crippen LogP contribution is -2.06. The number of nitrogens with zero attached hydrogens (tertiary/aromatic N) is 1. The van der Waals surface area contributed by atoms with Crippen LogP contribution in [0.4, 0.5) is 10.2 Å². The second kappa shape index (κ2) is 5.26. The average Bonchev–Trinajstić information content (AvgIpc) is 2.30. The van der Waals surface area contributed by atoms with E-state index in [0.29, 0.717) is 5.82 Å². The molecular weight excluding hydrogens is 203 g/mol. The molecule has 2 aromatic rings. The van der Waals surface area contributed by atoms with Gasteiger partial charge in [-0.3, -0.25) is 0 Å². The molecule has 0 unspecified atom stereocenters. The zero-order valence-electron chi connectivity index (χ0n) is 8.86. The van der Waals surface area contributed by atoms with Crippen molar-refractivity contribution < 1.29 is 4.39 Å². The molecule has 0 bridgehead atoms. The van der Waals surface area contributed by atoms with Crippen molar-refractivity contribution >= 4 is 5.82 Å². The van der Waals surface area contributed by atoms with Gasteiger partial charge in [0, 0.05) is 6.54 Å². The Labute approximate surface area is 94.2 Å². The molecule has 0 saturated heterocycles. The Morgan fingerprint density at radius 2 is 1.81 bits per heavy atom. The molecule has 1 heterocycles. The van der Waals surface area contributed by atoms with Crippen LogP contribution in [0.15, 0.2) is 48.5 Å². The number of nitrogens with one attached hydrogen (secondary N) is 1. The van der Waals surface area contributed by atoms with E-state index in [-0.39, 0.29) is 0 Å². The first-order valence-electron chi connectivity index (χ1n) is 5.25. The second-order valence-corrected chi connectivity index (χ2v) is 3.51. The standard InChI is InChI=1S/C13H13FN2/c14-12-7-4-8-13(16-12)15-10-9-11-5-2-1-3-6-11/h1-8H,9-10H2,(H,15,16). The number of rotatable bonds is 4. The molecule has 82 valence electrons. The summed E-state index contributed by atoms with van der Waals surface area (Å²) in [5.41, 5.74) is 1.26. The highest BCUT2D eigenvalue weighted by atomic mass is 19.1. The van der Waals surface area contributed by atoms with E-state index in [2.05, 4.69) is 22.4 Å². The molecule has 0 aliphatic rings. The van der Waals surface area contributed by atoms with Gasteiger partial charge in [0.1, 0.15) is 5.82 Å². The summed E-state index contributed by atoms with van der Waals surface area (Å²) in [5, 5.41) is 3.08. The van der Waals surface area contributed by atoms with E-state index < -0.39 is 5.95 Å². The van der Waals surface area contributed by atoms with Crippen molar-refractivity contribution in [1.29, 1.82) is 0 Å². The summed E-state index contributed by atoms with van der Waals surface area (Å²) in [5.74, 6) is 0.126. The summed E-state index contributed by atoms with van der Waals surface area (Å²) in [6.07, 6.45) is 0.902. The summed E-state index contributed by atoms with van der Waals surface area (Å²) < 4.78 is 12.8. The highest BCUT2D eigenvalue weighted by Crippen LogP contribution is 2.04. The maximum absolute atomic E-state index is 12.8. The lowest BCUT2D eigenvalue weighted by Gasteiger charge is -2.05. The fraction of sp³-hybridized carbons (Fsp3) is 0.154. The van der Waals surface area contributed by atoms with Crippen LogP contribution in [0.25, 0.3) is 0 Å². The molecule has 0 fully saturated rings. The average molecular weight is 216 g/mol. The summed E-state index contributed by atoms with van der Waals surface area (Å²) in [4.78, 5) is 3.73. The molecule has 1 N–H and O–H groups in total. The summed E-state index contributed by atoms with van der Waals surface area (Å²) >= 11 is 0. The van der Waals surface area contributed by atoms with Gasteiger partial charge in [-0.15, -0.1) is 0 Å². The van der Waals surface area contributed by atoms with Gasteiger partial charge in [0.15, 0.2) is 0 Å². The number of pyridine rings is 1. The number of hydrogen-bond donors (Lipinski definition) is 1. The predicted octanol–water partition coefficient (Wildman–Crippen LogP) is 2.88. The van der Waals surface area contributed by atoms with Crippen LogP contribution >= 0.6 is 0 Å². The van der Waals surface area contributed by atoms with E-state index in [4.69, 9.17) is 0 Å². The van der Waals surface area contributed by atoms with Crippen LogP contribution < -0.4 is 5.32 Å². The van der Waals surface area contributed by atoms with Crippen LogP contribution in [0, 0.1) is 5.95 Å². The highest BCUT2D eigenvalue weighted by Gasteiger charge is 1.96. The van der Waals surface area contributed by atoms with Crippen LogP contribution in [-0.2, 0) is 6.42 Å². The molecule has 2 rings (SSSR count). The lowest BCUT2D eigenvalue weighted by atomic mass is 10.1. The SMILES string of the molecule is Fc1cccc(NCCc2ccccc2)n1. The van der Waals surface area contributed by atoms with Crippen LogP contribution in [-0.4, -0.2) is 11.5 Å².